The third kappa shape index (κ3) is 11.1. The van der Waals surface area contributed by atoms with Crippen LogP contribution in [0.4, 0.5) is 10.5 Å². The molecule has 3 aliphatic heterocycles. The van der Waals surface area contributed by atoms with Crippen LogP contribution >= 0.6 is 54.0 Å². The van der Waals surface area contributed by atoms with Gasteiger partial charge in [-0.15, -0.1) is 0 Å². The number of nitrogens with zero attached hydrogens (tertiary/aromatic N) is 4. The lowest BCUT2D eigenvalue weighted by Gasteiger charge is -2.30. The standard InChI is InChI=1S/C41H54N6O4.4H2S/c1-25(2)27(5)39(48)47-21-9-13-36(47)38-42-24-34(44-38)30-17-14-28(15-18-30)10-7-11-29-16-19-31-23-33(43-32(31)22-29)35-12-8-20-46(35)40(49)37(26(3)4)45-41(50)51-6;;;;/h14-19,22,24-27,35-37H,7-13,20-21,23H2,1-6H3,(H,42,44)(H,45,50);4*1H2/t27-,35-,36?,37-;;;;/m0..../s1. The number of methoxy groups -OCH3 is 1. The first kappa shape index (κ1) is 48.1. The monoisotopic (exact) mass is 830 g/mol. The Kier molecular flexibility index (Phi) is 18.8. The van der Waals surface area contributed by atoms with E-state index in [2.05, 4.69) is 66.6 Å². The Balaban J connectivity index is 0.00000261. The first-order valence-corrected chi connectivity index (χ1v) is 18.8. The lowest BCUT2D eigenvalue weighted by molar-refractivity contribution is -0.137. The molecule has 3 aliphatic rings. The molecule has 1 aromatic heterocycles. The Morgan fingerprint density at radius 3 is 2.09 bits per heavy atom. The Bertz CT molecular complexity index is 1770. The summed E-state index contributed by atoms with van der Waals surface area (Å²) in [7, 11) is 1.31. The van der Waals surface area contributed by atoms with E-state index in [4.69, 9.17) is 14.7 Å². The quantitative estimate of drug-likeness (QED) is 0.194. The number of ether oxygens (including phenoxy) is 1. The SMILES string of the molecule is COC(=O)N[C@H](C(=O)N1CCC[C@H]1C1=Nc2cc(CCCc3ccc(-c4cnc(C5CCCN5C(=O)[C@@H](C)C(C)C)[nH]4)cc3)ccc2C1)C(C)C.S.S.S.S. The number of aliphatic imine (C=N–C) groups is 1. The average molecular weight is 831 g/mol. The van der Waals surface area contributed by atoms with Gasteiger partial charge in [-0.05, 0) is 85.1 Å². The van der Waals surface area contributed by atoms with E-state index in [0.29, 0.717) is 12.5 Å². The van der Waals surface area contributed by atoms with Gasteiger partial charge in [0.1, 0.15) is 11.9 Å². The fourth-order valence-electron chi connectivity index (χ4n) is 7.72. The number of likely N-dealkylation sites (tertiary alicyclic amines) is 2. The van der Waals surface area contributed by atoms with Gasteiger partial charge in [0.2, 0.25) is 11.8 Å². The van der Waals surface area contributed by atoms with Crippen molar-refractivity contribution < 1.29 is 19.1 Å². The van der Waals surface area contributed by atoms with Gasteiger partial charge in [0.15, 0.2) is 0 Å². The smallest absolute Gasteiger partial charge is 0.407 e. The van der Waals surface area contributed by atoms with Crippen LogP contribution in [-0.4, -0.2) is 75.7 Å². The van der Waals surface area contributed by atoms with E-state index in [1.54, 1.807) is 0 Å². The molecule has 3 aromatic rings. The number of carbonyl (C=O) groups is 3. The zero-order valence-corrected chi connectivity index (χ0v) is 37.1. The van der Waals surface area contributed by atoms with E-state index in [-0.39, 0.29) is 89.7 Å². The number of H-pyrrole nitrogens is 1. The summed E-state index contributed by atoms with van der Waals surface area (Å²) >= 11 is 0. The molecule has 4 heterocycles. The number of nitrogens with one attached hydrogen (secondary N) is 2. The molecule has 4 atom stereocenters. The first-order valence-electron chi connectivity index (χ1n) is 18.8. The highest BCUT2D eigenvalue weighted by Crippen LogP contribution is 2.35. The maximum atomic E-state index is 13.6. The first-order chi connectivity index (χ1) is 24.5. The fourth-order valence-corrected chi connectivity index (χ4v) is 7.72. The van der Waals surface area contributed by atoms with Crippen LogP contribution in [0.5, 0.6) is 0 Å². The number of carbonyl (C=O) groups excluding carboxylic acids is 3. The van der Waals surface area contributed by atoms with Crippen LogP contribution in [0.3, 0.4) is 0 Å². The van der Waals surface area contributed by atoms with Crippen molar-refractivity contribution >= 4 is 83.3 Å². The van der Waals surface area contributed by atoms with E-state index in [1.165, 1.54) is 23.8 Å². The number of rotatable bonds is 12. The Morgan fingerprint density at radius 1 is 0.836 bits per heavy atom. The molecule has 304 valence electrons. The third-order valence-corrected chi connectivity index (χ3v) is 11.1. The lowest BCUT2D eigenvalue weighted by atomic mass is 9.96. The maximum Gasteiger partial charge on any atom is 0.407 e. The highest BCUT2D eigenvalue weighted by atomic mass is 32.1. The zero-order valence-electron chi connectivity index (χ0n) is 33.1. The van der Waals surface area contributed by atoms with Crippen LogP contribution in [-0.2, 0) is 33.6 Å². The summed E-state index contributed by atoms with van der Waals surface area (Å²) in [5.41, 5.74) is 7.89. The molecule has 0 bridgehead atoms. The number of benzene rings is 2. The molecule has 2 saturated heterocycles. The van der Waals surface area contributed by atoms with Crippen LogP contribution in [0, 0.1) is 17.8 Å². The Labute approximate surface area is 355 Å². The summed E-state index contributed by atoms with van der Waals surface area (Å²) in [5, 5.41) is 2.73. The summed E-state index contributed by atoms with van der Waals surface area (Å²) in [5.74, 6) is 1.30. The number of hydrogen-bond donors (Lipinski definition) is 2. The van der Waals surface area contributed by atoms with E-state index < -0.39 is 12.1 Å². The van der Waals surface area contributed by atoms with E-state index in [0.717, 1.165) is 86.4 Å². The fraction of sp³-hybridized carbons (Fsp3) is 0.537. The van der Waals surface area contributed by atoms with Crippen LogP contribution in [0.25, 0.3) is 11.3 Å². The molecule has 10 nitrogen and oxygen atoms in total. The van der Waals surface area contributed by atoms with Crippen molar-refractivity contribution in [3.63, 3.8) is 0 Å². The number of aryl methyl sites for hydroxylation is 2. The van der Waals surface area contributed by atoms with E-state index in [1.807, 2.05) is 36.8 Å². The molecule has 1 unspecified atom stereocenters. The van der Waals surface area contributed by atoms with Crippen LogP contribution in [0.15, 0.2) is 53.7 Å². The molecule has 3 amide bonds. The second kappa shape index (κ2) is 21.5. The van der Waals surface area contributed by atoms with Crippen molar-refractivity contribution in [2.75, 3.05) is 20.2 Å². The third-order valence-electron chi connectivity index (χ3n) is 11.1. The Morgan fingerprint density at radius 2 is 1.45 bits per heavy atom. The maximum absolute atomic E-state index is 13.6. The van der Waals surface area contributed by atoms with Crippen LogP contribution in [0.2, 0.25) is 0 Å². The van der Waals surface area contributed by atoms with Crippen LogP contribution in [0.1, 0.15) is 95.3 Å². The van der Waals surface area contributed by atoms with Crippen LogP contribution < -0.4 is 5.32 Å². The van der Waals surface area contributed by atoms with Crippen molar-refractivity contribution in [2.45, 2.75) is 104 Å². The van der Waals surface area contributed by atoms with Gasteiger partial charge in [0, 0.05) is 31.1 Å². The largest absolute Gasteiger partial charge is 0.453 e. The summed E-state index contributed by atoms with van der Waals surface area (Å²) in [6.45, 7) is 11.6. The molecule has 14 heteroatoms. The average Bonchev–Trinajstić information content (AvgIpc) is 3.95. The van der Waals surface area contributed by atoms with Gasteiger partial charge in [0.25, 0.3) is 0 Å². The van der Waals surface area contributed by atoms with Gasteiger partial charge in [-0.1, -0.05) is 71.0 Å². The van der Waals surface area contributed by atoms with Gasteiger partial charge >= 0.3 is 6.09 Å². The Hall–Kier alpha value is -3.07. The minimum Gasteiger partial charge on any atom is -0.453 e. The predicted molar refractivity (Wildman–Crippen MR) is 241 cm³/mol. The van der Waals surface area contributed by atoms with Crippen molar-refractivity contribution in [1.82, 2.24) is 25.1 Å². The van der Waals surface area contributed by atoms with Gasteiger partial charge in [-0.2, -0.15) is 54.0 Å². The molecule has 2 N–H and O–H groups in total. The van der Waals surface area contributed by atoms with Gasteiger partial charge in [0.05, 0.1) is 36.8 Å². The van der Waals surface area contributed by atoms with Gasteiger partial charge in [-0.25, -0.2) is 9.78 Å². The topological polar surface area (TPSA) is 120 Å². The molecular weight excluding hydrogens is 769 g/mol. The molecule has 55 heavy (non-hydrogen) atoms. The molecule has 0 aliphatic carbocycles. The normalized spacial score (nSPS) is 18.3. The number of alkyl carbamates (subject to hydrolysis) is 1. The molecular formula is C41H62N6O4S4. The number of aromatic nitrogens is 2. The molecule has 0 spiro atoms. The predicted octanol–water partition coefficient (Wildman–Crippen LogP) is 7.66. The van der Waals surface area contributed by atoms with E-state index in [9.17, 15) is 14.4 Å². The van der Waals surface area contributed by atoms with E-state index >= 15 is 0 Å². The number of imidazole rings is 1. The van der Waals surface area contributed by atoms with Crippen molar-refractivity contribution in [1.29, 1.82) is 0 Å². The molecule has 6 rings (SSSR count). The van der Waals surface area contributed by atoms with Gasteiger partial charge in [-0.3, -0.25) is 14.6 Å². The second-order valence-electron chi connectivity index (χ2n) is 15.2. The van der Waals surface area contributed by atoms with Gasteiger partial charge < -0.3 is 24.8 Å². The number of fused-ring (bicyclic) bond motifs is 1. The zero-order chi connectivity index (χ0) is 36.2. The number of hydrogen-bond acceptors (Lipinski definition) is 6. The molecule has 0 radical (unpaired) electrons. The minimum atomic E-state index is -0.631. The highest BCUT2D eigenvalue weighted by Gasteiger charge is 2.39. The summed E-state index contributed by atoms with van der Waals surface area (Å²) in [4.78, 5) is 55.8. The minimum absolute atomic E-state index is 0. The molecule has 0 saturated carbocycles. The molecule has 2 fully saturated rings. The lowest BCUT2D eigenvalue weighted by Crippen LogP contribution is -2.53. The summed E-state index contributed by atoms with van der Waals surface area (Å²) in [6.07, 6.45) is 8.76. The van der Waals surface area contributed by atoms with Crippen molar-refractivity contribution in [2.24, 2.45) is 22.7 Å². The second-order valence-corrected chi connectivity index (χ2v) is 15.2. The number of aromatic amines is 1. The summed E-state index contributed by atoms with van der Waals surface area (Å²) < 4.78 is 4.77. The molecule has 2 aromatic carbocycles. The summed E-state index contributed by atoms with van der Waals surface area (Å²) in [6, 6.07) is 14.7. The highest BCUT2D eigenvalue weighted by molar-refractivity contribution is 7.59. The van der Waals surface area contributed by atoms with Crippen molar-refractivity contribution in [3.8, 4) is 11.3 Å². The van der Waals surface area contributed by atoms with Crippen molar-refractivity contribution in [3.05, 3.63) is 71.2 Å². The number of amides is 3.